The molecule has 2 heterocycles. The Labute approximate surface area is 153 Å². The molecule has 0 bridgehead atoms. The van der Waals surface area contributed by atoms with E-state index in [0.717, 1.165) is 54.2 Å². The minimum atomic E-state index is 0.00424. The van der Waals surface area contributed by atoms with E-state index in [1.165, 1.54) is 0 Å². The number of fused-ring (bicyclic) bond motifs is 3. The first kappa shape index (κ1) is 16.9. The van der Waals surface area contributed by atoms with Crippen LogP contribution in [0.3, 0.4) is 0 Å². The number of carbonyl (C=O) groups excluding carboxylic acids is 1. The molecule has 1 amide bonds. The number of benzene rings is 2. The lowest BCUT2D eigenvalue weighted by Crippen LogP contribution is -2.28. The molecule has 0 spiro atoms. The van der Waals surface area contributed by atoms with Crippen LogP contribution < -0.4 is 20.1 Å². The van der Waals surface area contributed by atoms with Crippen molar-refractivity contribution in [2.24, 2.45) is 5.92 Å². The van der Waals surface area contributed by atoms with Gasteiger partial charge in [0.25, 0.3) is 5.91 Å². The van der Waals surface area contributed by atoms with E-state index in [-0.39, 0.29) is 5.91 Å². The van der Waals surface area contributed by atoms with Gasteiger partial charge in [0, 0.05) is 37.5 Å². The summed E-state index contributed by atoms with van der Waals surface area (Å²) < 4.78 is 11.3. The first-order chi connectivity index (χ1) is 12.8. The molecule has 2 aliphatic rings. The average Bonchev–Trinajstić information content (AvgIpc) is 3.10. The Balaban J connectivity index is 1.48. The maximum atomic E-state index is 12.5. The number of hydrogen-bond donors (Lipinski definition) is 2. The van der Waals surface area contributed by atoms with E-state index in [0.29, 0.717) is 18.4 Å². The van der Waals surface area contributed by atoms with Gasteiger partial charge < -0.3 is 20.1 Å². The van der Waals surface area contributed by atoms with Crippen LogP contribution in [0, 0.1) is 5.92 Å². The van der Waals surface area contributed by atoms with E-state index in [4.69, 9.17) is 9.47 Å². The zero-order valence-electron chi connectivity index (χ0n) is 15.0. The molecule has 4 rings (SSSR count). The zero-order valence-corrected chi connectivity index (χ0v) is 15.0. The Morgan fingerprint density at radius 3 is 2.88 bits per heavy atom. The van der Waals surface area contributed by atoms with Crippen molar-refractivity contribution in [2.45, 2.75) is 12.3 Å². The van der Waals surface area contributed by atoms with Crippen molar-refractivity contribution in [1.29, 1.82) is 0 Å². The van der Waals surface area contributed by atoms with Gasteiger partial charge in [-0.1, -0.05) is 24.3 Å². The molecule has 2 aliphatic heterocycles. The van der Waals surface area contributed by atoms with Crippen molar-refractivity contribution < 1.29 is 14.3 Å². The van der Waals surface area contributed by atoms with Crippen molar-refractivity contribution in [3.63, 3.8) is 0 Å². The van der Waals surface area contributed by atoms with Crippen molar-refractivity contribution >= 4 is 5.91 Å². The van der Waals surface area contributed by atoms with Gasteiger partial charge in [-0.25, -0.2) is 0 Å². The van der Waals surface area contributed by atoms with Crippen LogP contribution in [0.5, 0.6) is 11.5 Å². The molecule has 136 valence electrons. The minimum Gasteiger partial charge on any atom is -0.496 e. The summed E-state index contributed by atoms with van der Waals surface area (Å²) in [5.74, 6) is 2.48. The summed E-state index contributed by atoms with van der Waals surface area (Å²) in [6.45, 7) is 3.16. The first-order valence-corrected chi connectivity index (χ1v) is 9.14. The van der Waals surface area contributed by atoms with Crippen molar-refractivity contribution in [3.8, 4) is 11.5 Å². The van der Waals surface area contributed by atoms with Gasteiger partial charge in [0.2, 0.25) is 0 Å². The lowest BCUT2D eigenvalue weighted by Gasteiger charge is -2.17. The molecule has 2 aromatic rings. The summed E-state index contributed by atoms with van der Waals surface area (Å²) in [5, 5.41) is 6.48. The van der Waals surface area contributed by atoms with Gasteiger partial charge in [0.05, 0.1) is 13.7 Å². The Morgan fingerprint density at radius 2 is 2.00 bits per heavy atom. The third-order valence-corrected chi connectivity index (χ3v) is 5.37. The maximum absolute atomic E-state index is 12.5. The summed E-state index contributed by atoms with van der Waals surface area (Å²) in [5.41, 5.74) is 2.99. The quantitative estimate of drug-likeness (QED) is 0.867. The third-order valence-electron chi connectivity index (χ3n) is 5.37. The number of nitrogens with one attached hydrogen (secondary N) is 2. The fourth-order valence-corrected chi connectivity index (χ4v) is 3.96. The highest BCUT2D eigenvalue weighted by molar-refractivity contribution is 5.96. The second kappa shape index (κ2) is 7.38. The van der Waals surface area contributed by atoms with E-state index in [2.05, 4.69) is 16.7 Å². The van der Waals surface area contributed by atoms with Gasteiger partial charge in [0.1, 0.15) is 11.5 Å². The number of rotatable bonds is 5. The predicted molar refractivity (Wildman–Crippen MR) is 100 cm³/mol. The molecule has 0 saturated carbocycles. The second-order valence-corrected chi connectivity index (χ2v) is 6.89. The van der Waals surface area contributed by atoms with Crippen LogP contribution in [0.1, 0.15) is 27.4 Å². The standard InChI is InChI=1S/C21H24N2O3/c1-25-20-5-3-2-4-14(20)8-9-26-16-6-7-17-18(10-16)21(24)23-12-15-11-22-13-19(15)17/h2-7,10,15,19,22H,8-9,11-13H2,1H3,(H,23,24)/t15-,19?/m0/s1. The van der Waals surface area contributed by atoms with Crippen molar-refractivity contribution in [3.05, 3.63) is 59.2 Å². The fraction of sp³-hybridized carbons (Fsp3) is 0.381. The molecule has 0 radical (unpaired) electrons. The number of para-hydroxylation sites is 1. The molecular formula is C21H24N2O3. The van der Waals surface area contributed by atoms with Gasteiger partial charge >= 0.3 is 0 Å². The van der Waals surface area contributed by atoms with E-state index in [9.17, 15) is 4.79 Å². The highest BCUT2D eigenvalue weighted by Gasteiger charge is 2.34. The van der Waals surface area contributed by atoms with Crippen molar-refractivity contribution in [2.75, 3.05) is 33.4 Å². The van der Waals surface area contributed by atoms with E-state index >= 15 is 0 Å². The topological polar surface area (TPSA) is 59.6 Å². The molecular weight excluding hydrogens is 328 g/mol. The molecule has 1 fully saturated rings. The van der Waals surface area contributed by atoms with E-state index < -0.39 is 0 Å². The van der Waals surface area contributed by atoms with Crippen LogP contribution >= 0.6 is 0 Å². The number of carbonyl (C=O) groups is 1. The zero-order chi connectivity index (χ0) is 17.9. The van der Waals surface area contributed by atoms with Gasteiger partial charge in [-0.3, -0.25) is 4.79 Å². The Morgan fingerprint density at radius 1 is 1.12 bits per heavy atom. The molecule has 0 aliphatic carbocycles. The van der Waals surface area contributed by atoms with Crippen LogP contribution in [-0.4, -0.2) is 39.3 Å². The van der Waals surface area contributed by atoms with Crippen LogP contribution in [-0.2, 0) is 6.42 Å². The Hall–Kier alpha value is -2.53. The number of ether oxygens (including phenoxy) is 2. The van der Waals surface area contributed by atoms with Crippen molar-refractivity contribution in [1.82, 2.24) is 10.6 Å². The lowest BCUT2D eigenvalue weighted by atomic mass is 9.87. The fourth-order valence-electron chi connectivity index (χ4n) is 3.96. The summed E-state index contributed by atoms with van der Waals surface area (Å²) in [6.07, 6.45) is 0.752. The molecule has 5 nitrogen and oxygen atoms in total. The Bertz CT molecular complexity index is 806. The van der Waals surface area contributed by atoms with Gasteiger partial charge in [-0.15, -0.1) is 0 Å². The summed E-state index contributed by atoms with van der Waals surface area (Å²) in [7, 11) is 1.68. The SMILES string of the molecule is COc1ccccc1CCOc1ccc2c(c1)C(=O)NC[C@@H]1CNCC21. The minimum absolute atomic E-state index is 0.00424. The summed E-state index contributed by atoms with van der Waals surface area (Å²) >= 11 is 0. The van der Waals surface area contributed by atoms with E-state index in [1.54, 1.807) is 7.11 Å². The first-order valence-electron chi connectivity index (χ1n) is 9.14. The molecule has 1 unspecified atom stereocenters. The molecule has 0 aromatic heterocycles. The molecule has 1 saturated heterocycles. The smallest absolute Gasteiger partial charge is 0.251 e. The van der Waals surface area contributed by atoms with Gasteiger partial charge in [-0.05, 0) is 35.2 Å². The normalized spacial score (nSPS) is 21.3. The van der Waals surface area contributed by atoms with E-state index in [1.807, 2.05) is 36.4 Å². The van der Waals surface area contributed by atoms with Gasteiger partial charge in [0.15, 0.2) is 0 Å². The predicted octanol–water partition coefficient (Wildman–Crippen LogP) is 2.36. The molecule has 5 heteroatoms. The lowest BCUT2D eigenvalue weighted by molar-refractivity contribution is 0.0952. The van der Waals surface area contributed by atoms with Crippen LogP contribution in [0.25, 0.3) is 0 Å². The highest BCUT2D eigenvalue weighted by atomic mass is 16.5. The highest BCUT2D eigenvalue weighted by Crippen LogP contribution is 2.34. The Kier molecular flexibility index (Phi) is 4.80. The van der Waals surface area contributed by atoms with Crippen LogP contribution in [0.2, 0.25) is 0 Å². The molecule has 2 aromatic carbocycles. The molecule has 2 N–H and O–H groups in total. The molecule has 2 atom stereocenters. The average molecular weight is 352 g/mol. The largest absolute Gasteiger partial charge is 0.496 e. The van der Waals surface area contributed by atoms with Crippen LogP contribution in [0.15, 0.2) is 42.5 Å². The number of amides is 1. The maximum Gasteiger partial charge on any atom is 0.251 e. The number of methoxy groups -OCH3 is 1. The monoisotopic (exact) mass is 352 g/mol. The van der Waals surface area contributed by atoms with Gasteiger partial charge in [-0.2, -0.15) is 0 Å². The van der Waals surface area contributed by atoms with Crippen LogP contribution in [0.4, 0.5) is 0 Å². The summed E-state index contributed by atoms with van der Waals surface area (Å²) in [4.78, 5) is 12.5. The second-order valence-electron chi connectivity index (χ2n) is 6.89. The summed E-state index contributed by atoms with van der Waals surface area (Å²) in [6, 6.07) is 13.9. The third kappa shape index (κ3) is 3.27. The molecule has 26 heavy (non-hydrogen) atoms. The number of hydrogen-bond acceptors (Lipinski definition) is 4.